The molecule has 5 heteroatoms. The van der Waals surface area contributed by atoms with Crippen LogP contribution in [0.25, 0.3) is 0 Å². The maximum atomic E-state index is 12.4. The molecular weight excluding hydrogens is 312 g/mol. The Labute approximate surface area is 142 Å². The zero-order valence-corrected chi connectivity index (χ0v) is 14.4. The quantitative estimate of drug-likeness (QED) is 0.815. The zero-order valence-electron chi connectivity index (χ0n) is 13.7. The third-order valence-electron chi connectivity index (χ3n) is 3.81. The summed E-state index contributed by atoms with van der Waals surface area (Å²) in [4.78, 5) is 18.1. The Kier molecular flexibility index (Phi) is 5.99. The van der Waals surface area contributed by atoms with Gasteiger partial charge in [0.2, 0.25) is 5.91 Å². The van der Waals surface area contributed by atoms with E-state index < -0.39 is 0 Å². The lowest BCUT2D eigenvalue weighted by atomic mass is 10.1. The molecule has 0 radical (unpaired) electrons. The van der Waals surface area contributed by atoms with Gasteiger partial charge >= 0.3 is 0 Å². The van der Waals surface area contributed by atoms with E-state index in [1.807, 2.05) is 38.2 Å². The molecule has 23 heavy (non-hydrogen) atoms. The molecule has 1 aromatic heterocycles. The molecule has 2 aromatic rings. The number of halogens is 1. The Morgan fingerprint density at radius 2 is 2.00 bits per heavy atom. The third kappa shape index (κ3) is 4.70. The number of hydrogen-bond donors (Lipinski definition) is 0. The summed E-state index contributed by atoms with van der Waals surface area (Å²) in [6, 6.07) is 7.59. The predicted molar refractivity (Wildman–Crippen MR) is 92.0 cm³/mol. The molecule has 1 aromatic carbocycles. The number of methoxy groups -OCH3 is 1. The van der Waals surface area contributed by atoms with Crippen LogP contribution in [0, 0.1) is 6.92 Å². The number of ether oxygens (including phenoxy) is 1. The number of amides is 1. The van der Waals surface area contributed by atoms with Gasteiger partial charge in [-0.2, -0.15) is 0 Å². The molecule has 0 unspecified atom stereocenters. The molecule has 0 aliphatic rings. The molecule has 0 saturated heterocycles. The van der Waals surface area contributed by atoms with Crippen LogP contribution in [-0.2, 0) is 17.6 Å². The van der Waals surface area contributed by atoms with Gasteiger partial charge in [-0.3, -0.25) is 9.78 Å². The molecule has 1 amide bonds. The van der Waals surface area contributed by atoms with Gasteiger partial charge in [0.15, 0.2) is 0 Å². The number of carbonyl (C=O) groups excluding carboxylic acids is 1. The monoisotopic (exact) mass is 332 g/mol. The van der Waals surface area contributed by atoms with Crippen LogP contribution in [0.1, 0.15) is 16.7 Å². The topological polar surface area (TPSA) is 42.4 Å². The molecule has 0 aliphatic carbocycles. The minimum atomic E-state index is 0.0391. The molecule has 4 nitrogen and oxygen atoms in total. The molecular formula is C18H21ClN2O2. The first-order valence-corrected chi connectivity index (χ1v) is 7.85. The number of likely N-dealkylation sites (N-methyl/N-ethyl adjacent to an activating group) is 1. The van der Waals surface area contributed by atoms with E-state index in [-0.39, 0.29) is 12.3 Å². The Bertz CT molecular complexity index is 674. The van der Waals surface area contributed by atoms with E-state index in [1.165, 1.54) is 0 Å². The number of hydrogen-bond acceptors (Lipinski definition) is 3. The van der Waals surface area contributed by atoms with E-state index in [2.05, 4.69) is 4.98 Å². The molecule has 0 bridgehead atoms. The van der Waals surface area contributed by atoms with Crippen LogP contribution in [0.4, 0.5) is 0 Å². The Morgan fingerprint density at radius 1 is 1.30 bits per heavy atom. The standard InChI is InChI=1S/C18H21ClN2O2/c1-13-10-17(23-3)15(11-16(13)19)12-18(22)21(2)9-6-14-4-7-20-8-5-14/h4-5,7-8,10-11H,6,9,12H2,1-3H3. The maximum absolute atomic E-state index is 12.4. The molecule has 2 rings (SSSR count). The summed E-state index contributed by atoms with van der Waals surface area (Å²) in [5.41, 5.74) is 2.91. The third-order valence-corrected chi connectivity index (χ3v) is 4.22. The molecule has 0 fully saturated rings. The van der Waals surface area contributed by atoms with Crippen molar-refractivity contribution in [3.05, 3.63) is 58.4 Å². The van der Waals surface area contributed by atoms with Crippen molar-refractivity contribution >= 4 is 17.5 Å². The molecule has 122 valence electrons. The summed E-state index contributed by atoms with van der Waals surface area (Å²) in [6.45, 7) is 2.57. The van der Waals surface area contributed by atoms with Gasteiger partial charge in [0, 0.05) is 36.6 Å². The van der Waals surface area contributed by atoms with E-state index in [4.69, 9.17) is 16.3 Å². The first kappa shape index (κ1) is 17.3. The van der Waals surface area contributed by atoms with Crippen molar-refractivity contribution in [1.82, 2.24) is 9.88 Å². The summed E-state index contributed by atoms with van der Waals surface area (Å²) in [6.07, 6.45) is 4.60. The molecule has 1 heterocycles. The minimum Gasteiger partial charge on any atom is -0.496 e. The van der Waals surface area contributed by atoms with Crippen molar-refractivity contribution < 1.29 is 9.53 Å². The first-order chi connectivity index (χ1) is 11.0. The number of pyridine rings is 1. The van der Waals surface area contributed by atoms with Crippen LogP contribution in [0.3, 0.4) is 0 Å². The fourth-order valence-corrected chi connectivity index (χ4v) is 2.48. The number of nitrogens with zero attached hydrogens (tertiary/aromatic N) is 2. The average Bonchev–Trinajstić information content (AvgIpc) is 2.56. The van der Waals surface area contributed by atoms with Crippen LogP contribution < -0.4 is 4.74 Å². The van der Waals surface area contributed by atoms with Gasteiger partial charge in [0.05, 0.1) is 13.5 Å². The highest BCUT2D eigenvalue weighted by molar-refractivity contribution is 6.31. The van der Waals surface area contributed by atoms with Gasteiger partial charge in [-0.25, -0.2) is 0 Å². The summed E-state index contributed by atoms with van der Waals surface area (Å²) < 4.78 is 5.35. The number of aryl methyl sites for hydroxylation is 1. The number of benzene rings is 1. The highest BCUT2D eigenvalue weighted by Gasteiger charge is 2.14. The van der Waals surface area contributed by atoms with E-state index in [9.17, 15) is 4.79 Å². The second-order valence-electron chi connectivity index (χ2n) is 5.51. The van der Waals surface area contributed by atoms with Gasteiger partial charge in [-0.15, -0.1) is 0 Å². The maximum Gasteiger partial charge on any atom is 0.226 e. The van der Waals surface area contributed by atoms with Crippen molar-refractivity contribution in [2.75, 3.05) is 20.7 Å². The second kappa shape index (κ2) is 7.97. The Balaban J connectivity index is 1.99. The highest BCUT2D eigenvalue weighted by Crippen LogP contribution is 2.27. The SMILES string of the molecule is COc1cc(C)c(Cl)cc1CC(=O)N(C)CCc1ccncc1. The normalized spacial score (nSPS) is 10.4. The smallest absolute Gasteiger partial charge is 0.226 e. The molecule has 0 spiro atoms. The number of rotatable bonds is 6. The summed E-state index contributed by atoms with van der Waals surface area (Å²) in [5, 5.41) is 0.646. The van der Waals surface area contributed by atoms with Crippen molar-refractivity contribution in [2.45, 2.75) is 19.8 Å². The Hall–Kier alpha value is -2.07. The van der Waals surface area contributed by atoms with E-state index in [1.54, 1.807) is 24.4 Å². The van der Waals surface area contributed by atoms with Gasteiger partial charge in [0.25, 0.3) is 0 Å². The average molecular weight is 333 g/mol. The molecule has 0 atom stereocenters. The fraction of sp³-hybridized carbons (Fsp3) is 0.333. The van der Waals surface area contributed by atoms with E-state index in [0.29, 0.717) is 17.3 Å². The lowest BCUT2D eigenvalue weighted by molar-refractivity contribution is -0.129. The van der Waals surface area contributed by atoms with Crippen LogP contribution in [0.5, 0.6) is 5.75 Å². The number of carbonyl (C=O) groups is 1. The molecule has 0 aliphatic heterocycles. The molecule has 0 N–H and O–H groups in total. The van der Waals surface area contributed by atoms with Crippen molar-refractivity contribution in [3.63, 3.8) is 0 Å². The Morgan fingerprint density at radius 3 is 2.65 bits per heavy atom. The lowest BCUT2D eigenvalue weighted by Gasteiger charge is -2.18. The second-order valence-corrected chi connectivity index (χ2v) is 5.92. The van der Waals surface area contributed by atoms with Crippen molar-refractivity contribution in [3.8, 4) is 5.75 Å². The summed E-state index contributed by atoms with van der Waals surface area (Å²) in [5.74, 6) is 0.736. The van der Waals surface area contributed by atoms with E-state index >= 15 is 0 Å². The minimum absolute atomic E-state index is 0.0391. The number of aromatic nitrogens is 1. The predicted octanol–water partition coefficient (Wildman–Crippen LogP) is 3.30. The molecule has 0 saturated carbocycles. The fourth-order valence-electron chi connectivity index (χ4n) is 2.29. The zero-order chi connectivity index (χ0) is 16.8. The summed E-state index contributed by atoms with van der Waals surface area (Å²) in [7, 11) is 3.41. The van der Waals surface area contributed by atoms with E-state index in [0.717, 1.165) is 23.1 Å². The largest absolute Gasteiger partial charge is 0.496 e. The van der Waals surface area contributed by atoms with Crippen molar-refractivity contribution in [2.24, 2.45) is 0 Å². The van der Waals surface area contributed by atoms with Gasteiger partial charge in [-0.05, 0) is 48.7 Å². The lowest BCUT2D eigenvalue weighted by Crippen LogP contribution is -2.30. The van der Waals surface area contributed by atoms with Crippen molar-refractivity contribution in [1.29, 1.82) is 0 Å². The highest BCUT2D eigenvalue weighted by atomic mass is 35.5. The van der Waals surface area contributed by atoms with Gasteiger partial charge in [0.1, 0.15) is 5.75 Å². The van der Waals surface area contributed by atoms with Gasteiger partial charge in [-0.1, -0.05) is 11.6 Å². The van der Waals surface area contributed by atoms with Crippen LogP contribution >= 0.6 is 11.6 Å². The van der Waals surface area contributed by atoms with Crippen LogP contribution in [0.15, 0.2) is 36.7 Å². The van der Waals surface area contributed by atoms with Gasteiger partial charge < -0.3 is 9.64 Å². The summed E-state index contributed by atoms with van der Waals surface area (Å²) >= 11 is 6.16. The first-order valence-electron chi connectivity index (χ1n) is 7.47. The van der Waals surface area contributed by atoms with Crippen LogP contribution in [-0.4, -0.2) is 36.5 Å². The van der Waals surface area contributed by atoms with Crippen LogP contribution in [0.2, 0.25) is 5.02 Å².